The van der Waals surface area contributed by atoms with Crippen LogP contribution in [0.5, 0.6) is 11.5 Å². The number of rotatable bonds is 11. The lowest BCUT2D eigenvalue weighted by atomic mass is 10.2. The highest BCUT2D eigenvalue weighted by molar-refractivity contribution is 7.17. The van der Waals surface area contributed by atoms with E-state index in [0.29, 0.717) is 41.1 Å². The summed E-state index contributed by atoms with van der Waals surface area (Å²) in [6, 6.07) is 5.68. The lowest BCUT2D eigenvalue weighted by Crippen LogP contribution is -2.01. The number of hydrogen-bond acceptors (Lipinski definition) is 8. The summed E-state index contributed by atoms with van der Waals surface area (Å²) in [6.07, 6.45) is 4.39. The van der Waals surface area contributed by atoms with Crippen LogP contribution in [0.3, 0.4) is 0 Å². The van der Waals surface area contributed by atoms with Crippen molar-refractivity contribution in [3.05, 3.63) is 34.3 Å². The topological polar surface area (TPSA) is 82.0 Å². The molecule has 8 heteroatoms. The van der Waals surface area contributed by atoms with Crippen LogP contribution < -0.4 is 14.9 Å². The molecule has 0 aliphatic rings. The largest absolute Gasteiger partial charge is 0.490 e. The van der Waals surface area contributed by atoms with Crippen molar-refractivity contribution in [3.63, 3.8) is 0 Å². The third kappa shape index (κ3) is 5.95. The zero-order chi connectivity index (χ0) is 20.4. The maximum Gasteiger partial charge on any atom is 0.350 e. The zero-order valence-corrected chi connectivity index (χ0v) is 17.6. The van der Waals surface area contributed by atoms with Crippen molar-refractivity contribution in [2.45, 2.75) is 40.0 Å². The van der Waals surface area contributed by atoms with Crippen molar-refractivity contribution in [1.29, 1.82) is 0 Å². The van der Waals surface area contributed by atoms with Crippen LogP contribution >= 0.6 is 11.3 Å². The third-order valence-electron chi connectivity index (χ3n) is 3.80. The highest BCUT2D eigenvalue weighted by atomic mass is 32.1. The number of hydrazone groups is 1. The van der Waals surface area contributed by atoms with Crippen LogP contribution in [0.15, 0.2) is 23.3 Å². The highest BCUT2D eigenvalue weighted by Crippen LogP contribution is 2.28. The van der Waals surface area contributed by atoms with Gasteiger partial charge in [-0.05, 0) is 43.5 Å². The van der Waals surface area contributed by atoms with Crippen LogP contribution in [0.2, 0.25) is 0 Å². The molecule has 2 aromatic rings. The molecular formula is C20H27N3O4S. The van der Waals surface area contributed by atoms with Crippen LogP contribution in [-0.2, 0) is 11.2 Å². The molecule has 0 unspecified atom stereocenters. The van der Waals surface area contributed by atoms with E-state index in [4.69, 9.17) is 14.2 Å². The van der Waals surface area contributed by atoms with Crippen molar-refractivity contribution in [2.75, 3.05) is 25.7 Å². The molecule has 2 rings (SSSR count). The molecule has 0 saturated heterocycles. The number of esters is 1. The molecule has 152 valence electrons. The minimum absolute atomic E-state index is 0.383. The molecular weight excluding hydrogens is 378 g/mol. The summed E-state index contributed by atoms with van der Waals surface area (Å²) in [5.74, 6) is 1.04. The number of thiazole rings is 1. The van der Waals surface area contributed by atoms with Gasteiger partial charge in [-0.3, -0.25) is 5.43 Å². The predicted octanol–water partition coefficient (Wildman–Crippen LogP) is 4.52. The second-order valence-electron chi connectivity index (χ2n) is 5.85. The quantitative estimate of drug-likeness (QED) is 0.256. The molecule has 1 aromatic heterocycles. The number of carbonyl (C=O) groups excluding carboxylic acids is 1. The second kappa shape index (κ2) is 11.3. The first-order valence-corrected chi connectivity index (χ1v) is 10.2. The normalized spacial score (nSPS) is 10.9. The number of anilines is 1. The number of methoxy groups -OCH3 is 1. The summed E-state index contributed by atoms with van der Waals surface area (Å²) < 4.78 is 16.2. The molecule has 28 heavy (non-hydrogen) atoms. The van der Waals surface area contributed by atoms with Crippen LogP contribution in [0.25, 0.3) is 0 Å². The molecule has 0 aliphatic heterocycles. The Labute approximate surface area is 169 Å². The van der Waals surface area contributed by atoms with Gasteiger partial charge in [-0.2, -0.15) is 5.10 Å². The number of carbonyl (C=O) groups is 1. The van der Waals surface area contributed by atoms with Gasteiger partial charge in [0.15, 0.2) is 11.5 Å². The van der Waals surface area contributed by atoms with E-state index < -0.39 is 0 Å². The Morgan fingerprint density at radius 2 is 2.07 bits per heavy atom. The molecule has 1 heterocycles. The molecule has 0 spiro atoms. The second-order valence-corrected chi connectivity index (χ2v) is 6.85. The minimum atomic E-state index is -0.383. The molecule has 0 radical (unpaired) electrons. The van der Waals surface area contributed by atoms with Crippen LogP contribution in [0.4, 0.5) is 5.13 Å². The van der Waals surface area contributed by atoms with E-state index >= 15 is 0 Å². The summed E-state index contributed by atoms with van der Waals surface area (Å²) in [4.78, 5) is 16.7. The summed E-state index contributed by atoms with van der Waals surface area (Å²) in [7, 11) is 1.36. The molecule has 0 atom stereocenters. The van der Waals surface area contributed by atoms with Crippen molar-refractivity contribution in [3.8, 4) is 11.5 Å². The standard InChI is InChI=1S/C20H27N3O4S/c1-5-8-11-27-16-10-9-14(12-17(16)26-7-3)13-21-23-20-22-15(6-2)18(28-20)19(24)25-4/h9-10,12-13H,5-8,11H2,1-4H3,(H,22,23)/b21-13-. The fraction of sp³-hybridized carbons (Fsp3) is 0.450. The van der Waals surface area contributed by atoms with Gasteiger partial charge in [-0.15, -0.1) is 0 Å². The monoisotopic (exact) mass is 405 g/mol. The Hall–Kier alpha value is -2.61. The zero-order valence-electron chi connectivity index (χ0n) is 16.8. The summed E-state index contributed by atoms with van der Waals surface area (Å²) in [6.45, 7) is 7.22. The first-order chi connectivity index (χ1) is 13.6. The molecule has 0 aliphatic carbocycles. The first kappa shape index (κ1) is 21.7. The molecule has 0 fully saturated rings. The maximum absolute atomic E-state index is 11.8. The number of unbranched alkanes of at least 4 members (excludes halogenated alkanes) is 1. The van der Waals surface area contributed by atoms with Gasteiger partial charge in [-0.25, -0.2) is 9.78 Å². The Balaban J connectivity index is 2.08. The van der Waals surface area contributed by atoms with Gasteiger partial charge in [0.25, 0.3) is 0 Å². The molecule has 0 bridgehead atoms. The number of ether oxygens (including phenoxy) is 3. The van der Waals surface area contributed by atoms with Crippen molar-refractivity contribution in [2.24, 2.45) is 5.10 Å². The number of aromatic nitrogens is 1. The van der Waals surface area contributed by atoms with Crippen molar-refractivity contribution >= 4 is 28.7 Å². The van der Waals surface area contributed by atoms with E-state index in [1.807, 2.05) is 32.0 Å². The van der Waals surface area contributed by atoms with E-state index in [0.717, 1.165) is 24.2 Å². The average molecular weight is 406 g/mol. The highest BCUT2D eigenvalue weighted by Gasteiger charge is 2.17. The Morgan fingerprint density at radius 1 is 1.25 bits per heavy atom. The van der Waals surface area contributed by atoms with Gasteiger partial charge < -0.3 is 14.2 Å². The molecule has 0 saturated carbocycles. The smallest absolute Gasteiger partial charge is 0.350 e. The number of benzene rings is 1. The van der Waals surface area contributed by atoms with Crippen LogP contribution in [0.1, 0.15) is 54.5 Å². The lowest BCUT2D eigenvalue weighted by molar-refractivity contribution is 0.0605. The van der Waals surface area contributed by atoms with Gasteiger partial charge in [0.2, 0.25) is 5.13 Å². The van der Waals surface area contributed by atoms with Crippen LogP contribution in [-0.4, -0.2) is 37.5 Å². The van der Waals surface area contributed by atoms with Crippen LogP contribution in [0, 0.1) is 0 Å². The van der Waals surface area contributed by atoms with Gasteiger partial charge in [0.05, 0.1) is 32.2 Å². The van der Waals surface area contributed by atoms with Gasteiger partial charge in [-0.1, -0.05) is 31.6 Å². The number of aryl methyl sites for hydroxylation is 1. The average Bonchev–Trinajstić information content (AvgIpc) is 3.12. The fourth-order valence-corrected chi connectivity index (χ4v) is 3.29. The van der Waals surface area contributed by atoms with E-state index in [2.05, 4.69) is 22.4 Å². The van der Waals surface area contributed by atoms with E-state index in [-0.39, 0.29) is 5.97 Å². The molecule has 1 aromatic carbocycles. The predicted molar refractivity (Wildman–Crippen MR) is 112 cm³/mol. The number of hydrogen-bond donors (Lipinski definition) is 1. The minimum Gasteiger partial charge on any atom is -0.490 e. The number of nitrogens with one attached hydrogen (secondary N) is 1. The Kier molecular flexibility index (Phi) is 8.74. The molecule has 7 nitrogen and oxygen atoms in total. The van der Waals surface area contributed by atoms with Gasteiger partial charge >= 0.3 is 5.97 Å². The third-order valence-corrected chi connectivity index (χ3v) is 4.78. The summed E-state index contributed by atoms with van der Waals surface area (Å²) in [5, 5.41) is 4.76. The van der Waals surface area contributed by atoms with Gasteiger partial charge in [0.1, 0.15) is 4.88 Å². The van der Waals surface area contributed by atoms with Crippen molar-refractivity contribution in [1.82, 2.24) is 4.98 Å². The Bertz CT molecular complexity index is 805. The fourth-order valence-electron chi connectivity index (χ4n) is 2.37. The molecule has 1 N–H and O–H groups in total. The Morgan fingerprint density at radius 3 is 2.75 bits per heavy atom. The van der Waals surface area contributed by atoms with E-state index in [9.17, 15) is 4.79 Å². The lowest BCUT2D eigenvalue weighted by Gasteiger charge is -2.12. The summed E-state index contributed by atoms with van der Waals surface area (Å²) >= 11 is 1.22. The van der Waals surface area contributed by atoms with E-state index in [1.54, 1.807) is 6.21 Å². The number of nitrogens with zero attached hydrogens (tertiary/aromatic N) is 2. The summed E-state index contributed by atoms with van der Waals surface area (Å²) in [5.41, 5.74) is 4.43. The maximum atomic E-state index is 11.8. The van der Waals surface area contributed by atoms with Gasteiger partial charge in [0, 0.05) is 0 Å². The SMILES string of the molecule is CCCCOc1ccc(/C=N\Nc2nc(CC)c(C(=O)OC)s2)cc1OCC. The molecule has 0 amide bonds. The van der Waals surface area contributed by atoms with E-state index in [1.165, 1.54) is 18.4 Å². The first-order valence-electron chi connectivity index (χ1n) is 9.39. The van der Waals surface area contributed by atoms with Crippen molar-refractivity contribution < 1.29 is 19.0 Å².